The van der Waals surface area contributed by atoms with Crippen LogP contribution >= 0.6 is 0 Å². The van der Waals surface area contributed by atoms with Crippen molar-refractivity contribution in [1.29, 1.82) is 0 Å². The van der Waals surface area contributed by atoms with Gasteiger partial charge in [0.1, 0.15) is 5.75 Å². The number of likely N-dealkylation sites (N-methyl/N-ethyl adjacent to an activating group) is 1. The van der Waals surface area contributed by atoms with Crippen molar-refractivity contribution in [1.82, 2.24) is 4.90 Å². The molecule has 0 bridgehead atoms. The van der Waals surface area contributed by atoms with Crippen molar-refractivity contribution in [3.05, 3.63) is 29.8 Å². The van der Waals surface area contributed by atoms with Gasteiger partial charge in [-0.15, -0.1) is 0 Å². The maximum absolute atomic E-state index is 10.1. The highest BCUT2D eigenvalue weighted by molar-refractivity contribution is 5.28. The van der Waals surface area contributed by atoms with E-state index in [1.54, 1.807) is 7.11 Å². The minimum atomic E-state index is -0.484. The predicted octanol–water partition coefficient (Wildman–Crippen LogP) is 2.09. The van der Waals surface area contributed by atoms with Crippen LogP contribution < -0.4 is 4.74 Å². The standard InChI is InChI=1S/C15H25NO3/c1-4-10-19-14-7-5-13(6-8-14)15(17)12-16(2)9-11-18-3/h5-8,15,17H,4,9-12H2,1-3H3. The first kappa shape index (κ1) is 16.0. The lowest BCUT2D eigenvalue weighted by Crippen LogP contribution is -2.27. The molecule has 19 heavy (non-hydrogen) atoms. The van der Waals surface area contributed by atoms with Gasteiger partial charge < -0.3 is 19.5 Å². The summed E-state index contributed by atoms with van der Waals surface area (Å²) >= 11 is 0. The normalized spacial score (nSPS) is 12.7. The van der Waals surface area contributed by atoms with Crippen molar-refractivity contribution in [3.63, 3.8) is 0 Å². The highest BCUT2D eigenvalue weighted by Crippen LogP contribution is 2.18. The van der Waals surface area contributed by atoms with Gasteiger partial charge in [0, 0.05) is 20.2 Å². The van der Waals surface area contributed by atoms with Gasteiger partial charge in [-0.1, -0.05) is 19.1 Å². The zero-order valence-electron chi connectivity index (χ0n) is 12.1. The summed E-state index contributed by atoms with van der Waals surface area (Å²) in [5, 5.41) is 10.1. The molecule has 0 radical (unpaired) electrons. The van der Waals surface area contributed by atoms with Crippen LogP contribution in [0.3, 0.4) is 0 Å². The molecule has 4 heteroatoms. The van der Waals surface area contributed by atoms with E-state index in [0.29, 0.717) is 13.2 Å². The molecule has 0 fully saturated rings. The molecule has 0 aliphatic heterocycles. The van der Waals surface area contributed by atoms with Crippen LogP contribution in [0.25, 0.3) is 0 Å². The number of benzene rings is 1. The molecule has 1 aromatic carbocycles. The molecule has 0 amide bonds. The van der Waals surface area contributed by atoms with Gasteiger partial charge in [-0.05, 0) is 31.2 Å². The maximum Gasteiger partial charge on any atom is 0.119 e. The van der Waals surface area contributed by atoms with Crippen molar-refractivity contribution in [2.75, 3.05) is 40.5 Å². The topological polar surface area (TPSA) is 41.9 Å². The predicted molar refractivity (Wildman–Crippen MR) is 76.6 cm³/mol. The van der Waals surface area contributed by atoms with E-state index in [2.05, 4.69) is 11.8 Å². The van der Waals surface area contributed by atoms with Crippen molar-refractivity contribution >= 4 is 0 Å². The van der Waals surface area contributed by atoms with Crippen LogP contribution in [0.15, 0.2) is 24.3 Å². The molecule has 0 aliphatic carbocycles. The third kappa shape index (κ3) is 6.05. The van der Waals surface area contributed by atoms with Gasteiger partial charge in [-0.3, -0.25) is 0 Å². The zero-order chi connectivity index (χ0) is 14.1. The van der Waals surface area contributed by atoms with Gasteiger partial charge in [0.05, 0.1) is 19.3 Å². The highest BCUT2D eigenvalue weighted by Gasteiger charge is 2.10. The quantitative estimate of drug-likeness (QED) is 0.744. The van der Waals surface area contributed by atoms with Gasteiger partial charge in [0.25, 0.3) is 0 Å². The Hall–Kier alpha value is -1.10. The molecule has 0 heterocycles. The van der Waals surface area contributed by atoms with E-state index in [9.17, 15) is 5.11 Å². The third-order valence-electron chi connectivity index (χ3n) is 2.90. The van der Waals surface area contributed by atoms with Crippen molar-refractivity contribution in [3.8, 4) is 5.75 Å². The second-order valence-corrected chi connectivity index (χ2v) is 4.69. The van der Waals surface area contributed by atoms with Gasteiger partial charge in [-0.2, -0.15) is 0 Å². The summed E-state index contributed by atoms with van der Waals surface area (Å²) in [5.41, 5.74) is 0.910. The fraction of sp³-hybridized carbons (Fsp3) is 0.600. The summed E-state index contributed by atoms with van der Waals surface area (Å²) in [6, 6.07) is 7.65. The average Bonchev–Trinajstić information content (AvgIpc) is 2.43. The van der Waals surface area contributed by atoms with Crippen LogP contribution in [-0.2, 0) is 4.74 Å². The van der Waals surface area contributed by atoms with E-state index in [1.165, 1.54) is 0 Å². The Kier molecular flexibility index (Phi) is 7.48. The lowest BCUT2D eigenvalue weighted by atomic mass is 10.1. The highest BCUT2D eigenvalue weighted by atomic mass is 16.5. The first-order valence-electron chi connectivity index (χ1n) is 6.75. The first-order chi connectivity index (χ1) is 9.17. The van der Waals surface area contributed by atoms with Crippen LogP contribution in [0.2, 0.25) is 0 Å². The molecule has 0 spiro atoms. The molecule has 0 saturated heterocycles. The molecule has 1 unspecified atom stereocenters. The summed E-state index contributed by atoms with van der Waals surface area (Å²) in [5.74, 6) is 0.852. The molecule has 4 nitrogen and oxygen atoms in total. The monoisotopic (exact) mass is 267 g/mol. The Morgan fingerprint density at radius 2 is 1.89 bits per heavy atom. The van der Waals surface area contributed by atoms with Crippen molar-refractivity contribution in [2.24, 2.45) is 0 Å². The minimum Gasteiger partial charge on any atom is -0.494 e. The van der Waals surface area contributed by atoms with Gasteiger partial charge in [0.15, 0.2) is 0 Å². The molecule has 1 rings (SSSR count). The molecule has 108 valence electrons. The average molecular weight is 267 g/mol. The molecule has 0 aliphatic rings. The molecule has 0 aromatic heterocycles. The van der Waals surface area contributed by atoms with Crippen LogP contribution in [0, 0.1) is 0 Å². The van der Waals surface area contributed by atoms with E-state index in [4.69, 9.17) is 9.47 Å². The Bertz CT molecular complexity index is 340. The van der Waals surface area contributed by atoms with E-state index in [-0.39, 0.29) is 0 Å². The van der Waals surface area contributed by atoms with Crippen LogP contribution in [0.4, 0.5) is 0 Å². The molecule has 1 N–H and O–H groups in total. The lowest BCUT2D eigenvalue weighted by Gasteiger charge is -2.20. The van der Waals surface area contributed by atoms with Gasteiger partial charge >= 0.3 is 0 Å². The Morgan fingerprint density at radius 1 is 1.21 bits per heavy atom. The van der Waals surface area contributed by atoms with Crippen LogP contribution in [0.1, 0.15) is 25.0 Å². The van der Waals surface area contributed by atoms with Crippen LogP contribution in [-0.4, -0.2) is 50.5 Å². The fourth-order valence-corrected chi connectivity index (χ4v) is 1.75. The number of rotatable bonds is 9. The molecular formula is C15H25NO3. The zero-order valence-corrected chi connectivity index (χ0v) is 12.1. The fourth-order valence-electron chi connectivity index (χ4n) is 1.75. The number of nitrogens with zero attached hydrogens (tertiary/aromatic N) is 1. The smallest absolute Gasteiger partial charge is 0.119 e. The Morgan fingerprint density at radius 3 is 2.47 bits per heavy atom. The number of hydrogen-bond acceptors (Lipinski definition) is 4. The number of aliphatic hydroxyl groups excluding tert-OH is 1. The number of ether oxygens (including phenoxy) is 2. The lowest BCUT2D eigenvalue weighted by molar-refractivity contribution is 0.103. The summed E-state index contributed by atoms with van der Waals surface area (Å²) in [6.45, 7) is 4.88. The van der Waals surface area contributed by atoms with Crippen LogP contribution in [0.5, 0.6) is 5.75 Å². The van der Waals surface area contributed by atoms with E-state index in [1.807, 2.05) is 31.3 Å². The van der Waals surface area contributed by atoms with Crippen molar-refractivity contribution < 1.29 is 14.6 Å². The first-order valence-corrected chi connectivity index (χ1v) is 6.75. The number of aliphatic hydroxyl groups is 1. The largest absolute Gasteiger partial charge is 0.494 e. The number of hydrogen-bond donors (Lipinski definition) is 1. The van der Waals surface area contributed by atoms with Gasteiger partial charge in [0.2, 0.25) is 0 Å². The summed E-state index contributed by atoms with van der Waals surface area (Å²) in [6.07, 6.45) is 0.511. The maximum atomic E-state index is 10.1. The summed E-state index contributed by atoms with van der Waals surface area (Å²) in [7, 11) is 3.65. The molecule has 0 saturated carbocycles. The number of methoxy groups -OCH3 is 1. The second kappa shape index (κ2) is 8.91. The second-order valence-electron chi connectivity index (χ2n) is 4.69. The Labute approximate surface area is 115 Å². The minimum absolute atomic E-state index is 0.484. The summed E-state index contributed by atoms with van der Waals surface area (Å²) < 4.78 is 10.5. The summed E-state index contributed by atoms with van der Waals surface area (Å²) in [4.78, 5) is 2.05. The Balaban J connectivity index is 2.45. The van der Waals surface area contributed by atoms with E-state index >= 15 is 0 Å². The molecule has 1 aromatic rings. The van der Waals surface area contributed by atoms with Crippen molar-refractivity contribution in [2.45, 2.75) is 19.4 Å². The molecular weight excluding hydrogens is 242 g/mol. The van der Waals surface area contributed by atoms with E-state index in [0.717, 1.165) is 30.9 Å². The van der Waals surface area contributed by atoms with E-state index < -0.39 is 6.10 Å². The third-order valence-corrected chi connectivity index (χ3v) is 2.90. The van der Waals surface area contributed by atoms with Gasteiger partial charge in [-0.25, -0.2) is 0 Å². The molecule has 1 atom stereocenters. The SMILES string of the molecule is CCCOc1ccc(C(O)CN(C)CCOC)cc1.